The molecule has 0 aliphatic carbocycles. The van der Waals surface area contributed by atoms with Gasteiger partial charge in [-0.2, -0.15) is 0 Å². The van der Waals surface area contributed by atoms with Gasteiger partial charge >= 0.3 is 5.97 Å². The molecule has 0 aliphatic heterocycles. The van der Waals surface area contributed by atoms with Gasteiger partial charge in [-0.25, -0.2) is 9.78 Å². The first-order valence-electron chi connectivity index (χ1n) is 6.62. The largest absolute Gasteiger partial charge is 0.480 e. The molecule has 7 nitrogen and oxygen atoms in total. The summed E-state index contributed by atoms with van der Waals surface area (Å²) in [6.07, 6.45) is 0.162. The Kier molecular flexibility index (Phi) is 5.68. The second kappa shape index (κ2) is 7.71. The molecule has 0 bridgehead atoms. The van der Waals surface area contributed by atoms with Crippen LogP contribution in [0.2, 0.25) is 0 Å². The summed E-state index contributed by atoms with van der Waals surface area (Å²) in [7, 11) is 0. The zero-order chi connectivity index (χ0) is 15.9. The molecular formula is C14H16N2O5S. The van der Waals surface area contributed by atoms with Crippen molar-refractivity contribution >= 4 is 23.2 Å². The van der Waals surface area contributed by atoms with E-state index in [1.807, 2.05) is 24.4 Å². The smallest absolute Gasteiger partial charge is 0.329 e. The molecule has 0 aromatic carbocycles. The Morgan fingerprint density at radius 3 is 2.95 bits per heavy atom. The average Bonchev–Trinajstić information content (AvgIpc) is 3.07. The van der Waals surface area contributed by atoms with Crippen molar-refractivity contribution in [2.24, 2.45) is 0 Å². The fourth-order valence-electron chi connectivity index (χ4n) is 1.70. The van der Waals surface area contributed by atoms with Gasteiger partial charge in [-0.3, -0.25) is 4.79 Å². The quantitative estimate of drug-likeness (QED) is 0.713. The second-order valence-corrected chi connectivity index (χ2v) is 5.39. The zero-order valence-electron chi connectivity index (χ0n) is 12.0. The summed E-state index contributed by atoms with van der Waals surface area (Å²) in [6.45, 7) is 1.91. The number of hydrogen-bond donors (Lipinski definition) is 2. The lowest BCUT2D eigenvalue weighted by molar-refractivity contribution is -0.142. The summed E-state index contributed by atoms with van der Waals surface area (Å²) in [6, 6.07) is 3.71. The molecule has 0 aliphatic rings. The molecule has 2 aromatic heterocycles. The van der Waals surface area contributed by atoms with Crippen LogP contribution in [-0.4, -0.2) is 41.7 Å². The molecule has 8 heteroatoms. The molecule has 0 spiro atoms. The number of carbonyl (C=O) groups excluding carboxylic acids is 1. The molecule has 1 amide bonds. The molecule has 22 heavy (non-hydrogen) atoms. The molecule has 0 radical (unpaired) electrons. The molecule has 0 unspecified atom stereocenters. The number of aryl methyl sites for hydroxylation is 1. The third-order valence-electron chi connectivity index (χ3n) is 2.64. The van der Waals surface area contributed by atoms with E-state index in [2.05, 4.69) is 10.3 Å². The SMILES string of the molecule is Cc1ccc(-c2nc(CC(=O)NCCOCC(=O)O)cs2)o1. The number of carbonyl (C=O) groups is 2. The molecule has 2 aromatic rings. The Hall–Kier alpha value is -2.19. The highest BCUT2D eigenvalue weighted by Crippen LogP contribution is 2.25. The van der Waals surface area contributed by atoms with Crippen molar-refractivity contribution in [2.45, 2.75) is 13.3 Å². The number of amides is 1. The van der Waals surface area contributed by atoms with Crippen molar-refractivity contribution in [3.8, 4) is 10.8 Å². The van der Waals surface area contributed by atoms with Crippen LogP contribution in [0.15, 0.2) is 21.9 Å². The molecule has 0 saturated heterocycles. The van der Waals surface area contributed by atoms with Crippen LogP contribution in [0.5, 0.6) is 0 Å². The van der Waals surface area contributed by atoms with Crippen molar-refractivity contribution in [1.82, 2.24) is 10.3 Å². The summed E-state index contributed by atoms with van der Waals surface area (Å²) in [5, 5.41) is 13.6. The van der Waals surface area contributed by atoms with E-state index in [0.717, 1.165) is 10.8 Å². The molecule has 0 atom stereocenters. The number of carboxylic acids is 1. The van der Waals surface area contributed by atoms with Gasteiger partial charge in [0.05, 0.1) is 18.7 Å². The first-order chi connectivity index (χ1) is 10.5. The second-order valence-electron chi connectivity index (χ2n) is 4.53. The third kappa shape index (κ3) is 4.97. The Balaban J connectivity index is 1.75. The summed E-state index contributed by atoms with van der Waals surface area (Å²) in [5.41, 5.74) is 0.665. The monoisotopic (exact) mass is 324 g/mol. The van der Waals surface area contributed by atoms with Crippen LogP contribution in [0.4, 0.5) is 0 Å². The number of carboxylic acid groups (broad SMARTS) is 1. The van der Waals surface area contributed by atoms with Gasteiger partial charge in [-0.1, -0.05) is 0 Å². The van der Waals surface area contributed by atoms with E-state index in [4.69, 9.17) is 14.3 Å². The predicted molar refractivity (Wildman–Crippen MR) is 79.7 cm³/mol. The lowest BCUT2D eigenvalue weighted by Gasteiger charge is -2.03. The van der Waals surface area contributed by atoms with Crippen molar-refractivity contribution in [3.05, 3.63) is 29.0 Å². The summed E-state index contributed by atoms with van der Waals surface area (Å²) < 4.78 is 10.3. The zero-order valence-corrected chi connectivity index (χ0v) is 12.8. The van der Waals surface area contributed by atoms with Gasteiger partial charge in [0.1, 0.15) is 12.4 Å². The number of aromatic nitrogens is 1. The van der Waals surface area contributed by atoms with Gasteiger partial charge in [0, 0.05) is 11.9 Å². The van der Waals surface area contributed by atoms with E-state index in [9.17, 15) is 9.59 Å². The fourth-order valence-corrected chi connectivity index (χ4v) is 2.48. The standard InChI is InChI=1S/C14H16N2O5S/c1-9-2-3-11(21-9)14-16-10(8-22-14)6-12(17)15-4-5-20-7-13(18)19/h2-3,8H,4-7H2,1H3,(H,15,17)(H,18,19). The molecule has 118 valence electrons. The van der Waals surface area contributed by atoms with E-state index >= 15 is 0 Å². The Morgan fingerprint density at radius 2 is 2.27 bits per heavy atom. The van der Waals surface area contributed by atoms with E-state index in [1.165, 1.54) is 11.3 Å². The van der Waals surface area contributed by atoms with Crippen LogP contribution in [0, 0.1) is 6.92 Å². The van der Waals surface area contributed by atoms with Crippen molar-refractivity contribution in [3.63, 3.8) is 0 Å². The lowest BCUT2D eigenvalue weighted by Crippen LogP contribution is -2.29. The minimum atomic E-state index is -1.03. The predicted octanol–water partition coefficient (Wildman–Crippen LogP) is 1.47. The molecule has 2 N–H and O–H groups in total. The van der Waals surface area contributed by atoms with Crippen LogP contribution < -0.4 is 5.32 Å². The van der Waals surface area contributed by atoms with Crippen LogP contribution in [0.25, 0.3) is 10.8 Å². The highest BCUT2D eigenvalue weighted by Gasteiger charge is 2.11. The minimum Gasteiger partial charge on any atom is -0.480 e. The van der Waals surface area contributed by atoms with Gasteiger partial charge < -0.3 is 19.6 Å². The number of aliphatic carboxylic acids is 1. The maximum absolute atomic E-state index is 11.7. The van der Waals surface area contributed by atoms with E-state index < -0.39 is 5.97 Å². The van der Waals surface area contributed by atoms with Gasteiger partial charge in [0.25, 0.3) is 0 Å². The van der Waals surface area contributed by atoms with E-state index in [0.29, 0.717) is 11.5 Å². The highest BCUT2D eigenvalue weighted by molar-refractivity contribution is 7.13. The minimum absolute atomic E-state index is 0.159. The number of hydrogen-bond acceptors (Lipinski definition) is 6. The topological polar surface area (TPSA) is 102 Å². The number of nitrogens with zero attached hydrogens (tertiary/aromatic N) is 1. The maximum Gasteiger partial charge on any atom is 0.329 e. The number of nitrogens with one attached hydrogen (secondary N) is 1. The number of furan rings is 1. The van der Waals surface area contributed by atoms with Crippen molar-refractivity contribution in [2.75, 3.05) is 19.8 Å². The van der Waals surface area contributed by atoms with Crippen LogP contribution in [0.1, 0.15) is 11.5 Å². The summed E-state index contributed by atoms with van der Waals surface area (Å²) >= 11 is 1.42. The van der Waals surface area contributed by atoms with Gasteiger partial charge in [0.2, 0.25) is 5.91 Å². The Labute approximate surface area is 130 Å². The van der Waals surface area contributed by atoms with Crippen LogP contribution in [-0.2, 0) is 20.7 Å². The third-order valence-corrected chi connectivity index (χ3v) is 3.54. The first-order valence-corrected chi connectivity index (χ1v) is 7.50. The number of rotatable bonds is 8. The number of thiazole rings is 1. The average molecular weight is 324 g/mol. The summed E-state index contributed by atoms with van der Waals surface area (Å²) in [4.78, 5) is 26.3. The van der Waals surface area contributed by atoms with Gasteiger partial charge in [-0.05, 0) is 19.1 Å². The normalized spacial score (nSPS) is 10.6. The van der Waals surface area contributed by atoms with Crippen LogP contribution >= 0.6 is 11.3 Å². The van der Waals surface area contributed by atoms with Gasteiger partial charge in [-0.15, -0.1) is 11.3 Å². The Morgan fingerprint density at radius 1 is 1.45 bits per heavy atom. The van der Waals surface area contributed by atoms with Crippen molar-refractivity contribution in [1.29, 1.82) is 0 Å². The molecule has 2 heterocycles. The van der Waals surface area contributed by atoms with Crippen molar-refractivity contribution < 1.29 is 23.8 Å². The fraction of sp³-hybridized carbons (Fsp3) is 0.357. The van der Waals surface area contributed by atoms with E-state index in [-0.39, 0.29) is 32.1 Å². The lowest BCUT2D eigenvalue weighted by atomic mass is 10.3. The molecular weight excluding hydrogens is 308 g/mol. The molecule has 0 fully saturated rings. The summed E-state index contributed by atoms with van der Waals surface area (Å²) in [5.74, 6) is 0.281. The first kappa shape index (κ1) is 16.2. The van der Waals surface area contributed by atoms with Crippen LogP contribution in [0.3, 0.4) is 0 Å². The molecule has 2 rings (SSSR count). The highest BCUT2D eigenvalue weighted by atomic mass is 32.1. The van der Waals surface area contributed by atoms with Gasteiger partial charge in [0.15, 0.2) is 10.8 Å². The number of ether oxygens (including phenoxy) is 1. The Bertz CT molecular complexity index is 649. The maximum atomic E-state index is 11.7. The molecule has 0 saturated carbocycles. The van der Waals surface area contributed by atoms with E-state index in [1.54, 1.807) is 0 Å².